The molecule has 1 N–H and O–H groups in total. The van der Waals surface area contributed by atoms with Crippen LogP contribution in [0.3, 0.4) is 0 Å². The third-order valence-electron chi connectivity index (χ3n) is 2.60. The van der Waals surface area contributed by atoms with Gasteiger partial charge >= 0.3 is 0 Å². The topological polar surface area (TPSA) is 64.4 Å². The van der Waals surface area contributed by atoms with Crippen LogP contribution in [0.4, 0.5) is 5.69 Å². The Bertz CT molecular complexity index is 533. The van der Waals surface area contributed by atoms with E-state index in [2.05, 4.69) is 10.3 Å². The van der Waals surface area contributed by atoms with E-state index in [0.29, 0.717) is 12.8 Å². The Kier molecular flexibility index (Phi) is 4.76. The van der Waals surface area contributed by atoms with Crippen molar-refractivity contribution < 1.29 is 13.9 Å². The summed E-state index contributed by atoms with van der Waals surface area (Å²) in [7, 11) is 0. The third kappa shape index (κ3) is 4.42. The Hall–Kier alpha value is -2.30. The smallest absolute Gasteiger partial charge is 0.224 e. The van der Waals surface area contributed by atoms with Gasteiger partial charge in [0.05, 0.1) is 11.8 Å². The fourth-order valence-electron chi connectivity index (χ4n) is 1.72. The van der Waals surface area contributed by atoms with Crippen molar-refractivity contribution in [1.29, 1.82) is 0 Å². The molecule has 20 heavy (non-hydrogen) atoms. The maximum Gasteiger partial charge on any atom is 0.224 e. The van der Waals surface area contributed by atoms with Gasteiger partial charge in [0.25, 0.3) is 0 Å². The Morgan fingerprint density at radius 3 is 2.70 bits per heavy atom. The van der Waals surface area contributed by atoms with E-state index in [-0.39, 0.29) is 12.0 Å². The van der Waals surface area contributed by atoms with Gasteiger partial charge in [0.2, 0.25) is 5.91 Å². The number of amides is 1. The van der Waals surface area contributed by atoms with Crippen molar-refractivity contribution in [3.8, 4) is 5.75 Å². The fourth-order valence-corrected chi connectivity index (χ4v) is 1.72. The predicted octanol–water partition coefficient (Wildman–Crippen LogP) is 3.03. The maximum absolute atomic E-state index is 11.8. The number of nitrogens with one attached hydrogen (secondary N) is 1. The Balaban J connectivity index is 1.81. The highest BCUT2D eigenvalue weighted by Gasteiger charge is 2.05. The van der Waals surface area contributed by atoms with Gasteiger partial charge in [-0.2, -0.15) is 0 Å². The highest BCUT2D eigenvalue weighted by atomic mass is 16.5. The minimum Gasteiger partial charge on any atom is -0.491 e. The van der Waals surface area contributed by atoms with E-state index in [1.807, 2.05) is 38.1 Å². The number of benzene rings is 1. The quantitative estimate of drug-likeness (QED) is 0.879. The summed E-state index contributed by atoms with van der Waals surface area (Å²) in [5, 5.41) is 2.83. The number of hydrogen-bond donors (Lipinski definition) is 1. The molecule has 0 bridgehead atoms. The molecule has 2 aromatic rings. The standard InChI is InChI=1S/C15H18N2O3/c1-11(2)20-14-6-3-12(4-7-14)17-15(18)8-5-13-9-19-10-16-13/h3-4,6-7,9-11H,5,8H2,1-2H3,(H,17,18). The Morgan fingerprint density at radius 2 is 2.10 bits per heavy atom. The summed E-state index contributed by atoms with van der Waals surface area (Å²) in [6.45, 7) is 3.94. The molecule has 0 unspecified atom stereocenters. The molecule has 0 aliphatic heterocycles. The highest BCUT2D eigenvalue weighted by molar-refractivity contribution is 5.90. The largest absolute Gasteiger partial charge is 0.491 e. The molecular weight excluding hydrogens is 256 g/mol. The van der Waals surface area contributed by atoms with E-state index >= 15 is 0 Å². The first-order valence-corrected chi connectivity index (χ1v) is 6.57. The Morgan fingerprint density at radius 1 is 1.35 bits per heavy atom. The first-order valence-electron chi connectivity index (χ1n) is 6.57. The normalized spacial score (nSPS) is 10.6. The van der Waals surface area contributed by atoms with Gasteiger partial charge in [-0.05, 0) is 38.1 Å². The molecule has 0 aliphatic rings. The average Bonchev–Trinajstić information content (AvgIpc) is 2.91. The van der Waals surface area contributed by atoms with E-state index in [4.69, 9.17) is 9.15 Å². The SMILES string of the molecule is CC(C)Oc1ccc(NC(=O)CCc2cocn2)cc1. The van der Waals surface area contributed by atoms with Crippen LogP contribution in [0.5, 0.6) is 5.75 Å². The second-order valence-electron chi connectivity index (χ2n) is 4.72. The number of aromatic nitrogens is 1. The molecule has 2 rings (SSSR count). The van der Waals surface area contributed by atoms with Gasteiger partial charge in [0.15, 0.2) is 6.39 Å². The van der Waals surface area contributed by atoms with Crippen molar-refractivity contribution in [2.75, 3.05) is 5.32 Å². The molecule has 1 heterocycles. The molecule has 1 aromatic heterocycles. The van der Waals surface area contributed by atoms with Crippen molar-refractivity contribution in [2.45, 2.75) is 32.8 Å². The molecule has 0 fully saturated rings. The number of carbonyl (C=O) groups is 1. The van der Waals surface area contributed by atoms with Gasteiger partial charge in [-0.1, -0.05) is 0 Å². The van der Waals surface area contributed by atoms with Crippen molar-refractivity contribution in [1.82, 2.24) is 4.98 Å². The van der Waals surface area contributed by atoms with Crippen LogP contribution in [0.2, 0.25) is 0 Å². The number of anilines is 1. The van der Waals surface area contributed by atoms with Crippen LogP contribution in [-0.2, 0) is 11.2 Å². The second-order valence-corrected chi connectivity index (χ2v) is 4.72. The molecule has 0 radical (unpaired) electrons. The summed E-state index contributed by atoms with van der Waals surface area (Å²) >= 11 is 0. The van der Waals surface area contributed by atoms with Gasteiger partial charge < -0.3 is 14.5 Å². The molecule has 0 atom stereocenters. The fraction of sp³-hybridized carbons (Fsp3) is 0.333. The van der Waals surface area contributed by atoms with Crippen molar-refractivity contribution >= 4 is 11.6 Å². The van der Waals surface area contributed by atoms with Crippen molar-refractivity contribution in [3.05, 3.63) is 42.6 Å². The number of oxazole rings is 1. The molecule has 1 amide bonds. The number of hydrogen-bond acceptors (Lipinski definition) is 4. The molecule has 0 spiro atoms. The van der Waals surface area contributed by atoms with E-state index in [0.717, 1.165) is 17.1 Å². The highest BCUT2D eigenvalue weighted by Crippen LogP contribution is 2.17. The summed E-state index contributed by atoms with van der Waals surface area (Å²) in [4.78, 5) is 15.7. The molecule has 5 heteroatoms. The zero-order valence-corrected chi connectivity index (χ0v) is 11.6. The van der Waals surface area contributed by atoms with E-state index in [9.17, 15) is 4.79 Å². The Labute approximate surface area is 118 Å². The minimum absolute atomic E-state index is 0.0504. The summed E-state index contributed by atoms with van der Waals surface area (Å²) < 4.78 is 10.4. The predicted molar refractivity (Wildman–Crippen MR) is 75.7 cm³/mol. The number of carbonyl (C=O) groups excluding carboxylic acids is 1. The van der Waals surface area contributed by atoms with Crippen LogP contribution in [0.25, 0.3) is 0 Å². The van der Waals surface area contributed by atoms with E-state index < -0.39 is 0 Å². The lowest BCUT2D eigenvalue weighted by atomic mass is 10.2. The van der Waals surface area contributed by atoms with Gasteiger partial charge in [-0.15, -0.1) is 0 Å². The van der Waals surface area contributed by atoms with Crippen LogP contribution < -0.4 is 10.1 Å². The van der Waals surface area contributed by atoms with Gasteiger partial charge in [0.1, 0.15) is 12.0 Å². The lowest BCUT2D eigenvalue weighted by molar-refractivity contribution is -0.116. The molecule has 0 saturated heterocycles. The summed E-state index contributed by atoms with van der Waals surface area (Å²) in [6, 6.07) is 7.33. The second kappa shape index (κ2) is 6.75. The molecule has 1 aromatic carbocycles. The number of ether oxygens (including phenoxy) is 1. The molecule has 0 saturated carbocycles. The zero-order valence-electron chi connectivity index (χ0n) is 11.6. The van der Waals surface area contributed by atoms with Crippen LogP contribution in [0, 0.1) is 0 Å². The van der Waals surface area contributed by atoms with Crippen molar-refractivity contribution in [2.24, 2.45) is 0 Å². The van der Waals surface area contributed by atoms with Crippen LogP contribution in [-0.4, -0.2) is 17.0 Å². The van der Waals surface area contributed by atoms with Crippen LogP contribution in [0.15, 0.2) is 41.3 Å². The summed E-state index contributed by atoms with van der Waals surface area (Å²) in [6.07, 6.45) is 3.98. The lowest BCUT2D eigenvalue weighted by Gasteiger charge is -2.10. The van der Waals surface area contributed by atoms with Gasteiger partial charge in [-0.3, -0.25) is 4.79 Å². The number of aryl methyl sites for hydroxylation is 1. The third-order valence-corrected chi connectivity index (χ3v) is 2.60. The summed E-state index contributed by atoms with van der Waals surface area (Å²) in [5.41, 5.74) is 1.53. The van der Waals surface area contributed by atoms with Gasteiger partial charge in [-0.25, -0.2) is 4.98 Å². The van der Waals surface area contributed by atoms with Crippen LogP contribution in [0.1, 0.15) is 26.0 Å². The van der Waals surface area contributed by atoms with E-state index in [1.165, 1.54) is 6.39 Å². The monoisotopic (exact) mass is 274 g/mol. The van der Waals surface area contributed by atoms with Crippen molar-refractivity contribution in [3.63, 3.8) is 0 Å². The zero-order chi connectivity index (χ0) is 14.4. The molecule has 106 valence electrons. The average molecular weight is 274 g/mol. The molecule has 0 aliphatic carbocycles. The van der Waals surface area contributed by atoms with Crippen LogP contribution >= 0.6 is 0 Å². The molecular formula is C15H18N2O3. The lowest BCUT2D eigenvalue weighted by Crippen LogP contribution is -2.12. The first-order chi connectivity index (χ1) is 9.63. The maximum atomic E-state index is 11.8. The first kappa shape index (κ1) is 14.1. The molecule has 5 nitrogen and oxygen atoms in total. The minimum atomic E-state index is -0.0504. The summed E-state index contributed by atoms with van der Waals surface area (Å²) in [5.74, 6) is 0.742. The van der Waals surface area contributed by atoms with Gasteiger partial charge in [0, 0.05) is 18.5 Å². The number of rotatable bonds is 6. The number of nitrogens with zero attached hydrogens (tertiary/aromatic N) is 1. The van der Waals surface area contributed by atoms with E-state index in [1.54, 1.807) is 6.26 Å².